The van der Waals surface area contributed by atoms with E-state index in [-0.39, 0.29) is 12.6 Å². The van der Waals surface area contributed by atoms with Crippen LogP contribution in [0.2, 0.25) is 0 Å². The van der Waals surface area contributed by atoms with Crippen molar-refractivity contribution in [1.29, 1.82) is 0 Å². The van der Waals surface area contributed by atoms with E-state index < -0.39 is 12.8 Å². The van der Waals surface area contributed by atoms with Gasteiger partial charge < -0.3 is 24.8 Å². The van der Waals surface area contributed by atoms with Crippen molar-refractivity contribution in [2.45, 2.75) is 32.3 Å². The van der Waals surface area contributed by atoms with Gasteiger partial charge in [-0.05, 0) is 36.2 Å². The minimum absolute atomic E-state index is 0.104. The molecule has 2 aromatic carbocycles. The number of nitrogens with one attached hydrogen (secondary N) is 2. The normalized spacial score (nSPS) is 12.9. The molecule has 170 valence electrons. The first-order valence-corrected chi connectivity index (χ1v) is 9.67. The first kappa shape index (κ1) is 24.3. The average Bonchev–Trinajstić information content (AvgIpc) is 2.75. The summed E-state index contributed by atoms with van der Waals surface area (Å²) < 4.78 is 52.2. The van der Waals surface area contributed by atoms with Crippen molar-refractivity contribution in [2.75, 3.05) is 27.9 Å². The van der Waals surface area contributed by atoms with E-state index in [1.54, 1.807) is 39.5 Å². The van der Waals surface area contributed by atoms with E-state index in [9.17, 15) is 13.2 Å². The first-order valence-electron chi connectivity index (χ1n) is 9.67. The maximum atomic E-state index is 12.2. The van der Waals surface area contributed by atoms with Gasteiger partial charge >= 0.3 is 6.18 Å². The van der Waals surface area contributed by atoms with Crippen molar-refractivity contribution in [3.8, 4) is 11.5 Å². The number of hydrogen-bond acceptors (Lipinski definition) is 4. The highest BCUT2D eigenvalue weighted by molar-refractivity contribution is 5.80. The molecule has 0 aliphatic heterocycles. The molecule has 0 spiro atoms. The summed E-state index contributed by atoms with van der Waals surface area (Å²) >= 11 is 0. The second-order valence-electron chi connectivity index (χ2n) is 6.83. The van der Waals surface area contributed by atoms with Crippen LogP contribution in [0.25, 0.3) is 0 Å². The Balaban J connectivity index is 1.96. The quantitative estimate of drug-likeness (QED) is 0.453. The molecule has 2 N–H and O–H groups in total. The van der Waals surface area contributed by atoms with Gasteiger partial charge in [-0.15, -0.1) is 0 Å². The Kier molecular flexibility index (Phi) is 8.99. The fraction of sp³-hybridized carbons (Fsp3) is 0.409. The van der Waals surface area contributed by atoms with Gasteiger partial charge in [-0.25, -0.2) is 0 Å². The van der Waals surface area contributed by atoms with E-state index >= 15 is 0 Å². The van der Waals surface area contributed by atoms with Crippen LogP contribution in [0.1, 0.15) is 29.7 Å². The molecule has 0 heterocycles. The second kappa shape index (κ2) is 11.5. The van der Waals surface area contributed by atoms with Crippen LogP contribution in [0.4, 0.5) is 13.2 Å². The first-order chi connectivity index (χ1) is 14.8. The predicted octanol–water partition coefficient (Wildman–Crippen LogP) is 4.21. The van der Waals surface area contributed by atoms with Gasteiger partial charge in [0.05, 0.1) is 26.9 Å². The molecule has 0 aliphatic carbocycles. The maximum absolute atomic E-state index is 12.2. The molecule has 0 aromatic heterocycles. The number of nitrogens with zero attached hydrogens (tertiary/aromatic N) is 1. The molecule has 2 aromatic rings. The third kappa shape index (κ3) is 8.01. The number of alkyl halides is 3. The van der Waals surface area contributed by atoms with Crippen LogP contribution in [0, 0.1) is 0 Å². The monoisotopic (exact) mass is 439 g/mol. The Bertz CT molecular complexity index is 873. The molecule has 0 radical (unpaired) electrons. The number of aliphatic imine (C=N–C) groups is 1. The SMILES string of the molecule is CN=C(NCc1cccc(COCC(F)(F)F)c1)NC(C)c1cc(OC)ccc1OC. The molecule has 1 atom stereocenters. The summed E-state index contributed by atoms with van der Waals surface area (Å²) in [5, 5.41) is 6.50. The number of hydrogen-bond donors (Lipinski definition) is 2. The molecule has 0 aliphatic rings. The lowest BCUT2D eigenvalue weighted by molar-refractivity contribution is -0.176. The summed E-state index contributed by atoms with van der Waals surface area (Å²) in [6, 6.07) is 12.6. The Morgan fingerprint density at radius 2 is 1.81 bits per heavy atom. The summed E-state index contributed by atoms with van der Waals surface area (Å²) in [4.78, 5) is 4.24. The highest BCUT2D eigenvalue weighted by atomic mass is 19.4. The third-order valence-electron chi connectivity index (χ3n) is 4.47. The van der Waals surface area contributed by atoms with Crippen LogP contribution < -0.4 is 20.1 Å². The van der Waals surface area contributed by atoms with Crippen molar-refractivity contribution >= 4 is 5.96 Å². The van der Waals surface area contributed by atoms with Crippen LogP contribution in [0.5, 0.6) is 11.5 Å². The zero-order chi connectivity index (χ0) is 22.9. The van der Waals surface area contributed by atoms with E-state index in [1.165, 1.54) is 0 Å². The topological polar surface area (TPSA) is 64.1 Å². The average molecular weight is 439 g/mol. The Hall–Kier alpha value is -2.94. The smallest absolute Gasteiger partial charge is 0.411 e. The summed E-state index contributed by atoms with van der Waals surface area (Å²) in [6.45, 7) is 1.04. The Morgan fingerprint density at radius 3 is 2.45 bits per heavy atom. The fourth-order valence-electron chi connectivity index (χ4n) is 2.96. The van der Waals surface area contributed by atoms with Gasteiger partial charge in [0, 0.05) is 19.2 Å². The lowest BCUT2D eigenvalue weighted by atomic mass is 10.1. The van der Waals surface area contributed by atoms with E-state index in [1.807, 2.05) is 31.2 Å². The summed E-state index contributed by atoms with van der Waals surface area (Å²) in [7, 11) is 4.87. The van der Waals surface area contributed by atoms with Gasteiger partial charge in [0.2, 0.25) is 0 Å². The van der Waals surface area contributed by atoms with Gasteiger partial charge in [-0.2, -0.15) is 13.2 Å². The highest BCUT2D eigenvalue weighted by Gasteiger charge is 2.27. The van der Waals surface area contributed by atoms with Crippen LogP contribution >= 0.6 is 0 Å². The molecule has 0 saturated heterocycles. The summed E-state index contributed by atoms with van der Waals surface area (Å²) in [5.41, 5.74) is 2.47. The van der Waals surface area contributed by atoms with E-state index in [0.717, 1.165) is 22.6 Å². The molecule has 2 rings (SSSR count). The fourth-order valence-corrected chi connectivity index (χ4v) is 2.96. The van der Waals surface area contributed by atoms with Crippen LogP contribution in [-0.2, 0) is 17.9 Å². The number of ether oxygens (including phenoxy) is 3. The zero-order valence-electron chi connectivity index (χ0n) is 18.0. The summed E-state index contributed by atoms with van der Waals surface area (Å²) in [6.07, 6.45) is -4.33. The van der Waals surface area contributed by atoms with Crippen molar-refractivity contribution in [3.05, 3.63) is 59.2 Å². The van der Waals surface area contributed by atoms with Crippen LogP contribution in [-0.4, -0.2) is 40.0 Å². The van der Waals surface area contributed by atoms with Gasteiger partial charge in [-0.3, -0.25) is 4.99 Å². The number of benzene rings is 2. The second-order valence-corrected chi connectivity index (χ2v) is 6.83. The Labute approximate surface area is 180 Å². The minimum Gasteiger partial charge on any atom is -0.497 e. The molecule has 0 amide bonds. The van der Waals surface area contributed by atoms with Crippen LogP contribution in [0.3, 0.4) is 0 Å². The van der Waals surface area contributed by atoms with Crippen molar-refractivity contribution in [2.24, 2.45) is 4.99 Å². The summed E-state index contributed by atoms with van der Waals surface area (Å²) in [5.74, 6) is 2.01. The number of rotatable bonds is 9. The molecule has 0 bridgehead atoms. The largest absolute Gasteiger partial charge is 0.497 e. The van der Waals surface area contributed by atoms with Gasteiger partial charge in [0.1, 0.15) is 18.1 Å². The molecular formula is C22H28F3N3O3. The molecule has 1 unspecified atom stereocenters. The highest BCUT2D eigenvalue weighted by Crippen LogP contribution is 2.29. The van der Waals surface area contributed by atoms with Crippen molar-refractivity contribution in [3.63, 3.8) is 0 Å². The van der Waals surface area contributed by atoms with E-state index in [2.05, 4.69) is 15.6 Å². The maximum Gasteiger partial charge on any atom is 0.411 e. The molecule has 31 heavy (non-hydrogen) atoms. The van der Waals surface area contributed by atoms with Crippen molar-refractivity contribution in [1.82, 2.24) is 10.6 Å². The molecular weight excluding hydrogens is 411 g/mol. The number of methoxy groups -OCH3 is 2. The van der Waals surface area contributed by atoms with Crippen molar-refractivity contribution < 1.29 is 27.4 Å². The lowest BCUT2D eigenvalue weighted by Crippen LogP contribution is -2.38. The number of halogens is 3. The molecule has 9 heteroatoms. The Morgan fingerprint density at radius 1 is 1.06 bits per heavy atom. The predicted molar refractivity (Wildman–Crippen MR) is 113 cm³/mol. The van der Waals surface area contributed by atoms with E-state index in [0.29, 0.717) is 18.1 Å². The molecule has 0 saturated carbocycles. The minimum atomic E-state index is -4.33. The zero-order valence-corrected chi connectivity index (χ0v) is 18.0. The third-order valence-corrected chi connectivity index (χ3v) is 4.47. The number of guanidine groups is 1. The van der Waals surface area contributed by atoms with Gasteiger partial charge in [0.25, 0.3) is 0 Å². The molecule has 6 nitrogen and oxygen atoms in total. The van der Waals surface area contributed by atoms with Crippen LogP contribution in [0.15, 0.2) is 47.5 Å². The standard InChI is InChI=1S/C22H28F3N3O3/c1-15(19-11-18(29-3)8-9-20(19)30-4)28-21(26-2)27-12-16-6-5-7-17(10-16)13-31-14-22(23,24)25/h5-11,15H,12-14H2,1-4H3,(H2,26,27,28). The van der Waals surface area contributed by atoms with E-state index in [4.69, 9.17) is 14.2 Å². The van der Waals surface area contributed by atoms with Gasteiger partial charge in [-0.1, -0.05) is 24.3 Å². The molecule has 0 fully saturated rings. The van der Waals surface area contributed by atoms with Gasteiger partial charge in [0.15, 0.2) is 5.96 Å². The lowest BCUT2D eigenvalue weighted by Gasteiger charge is -2.21.